The number of methoxy groups -OCH3 is 1. The minimum Gasteiger partial charge on any atom is -0.496 e. The number of ether oxygens (including phenoxy) is 1. The number of nitrogens with one attached hydrogen (secondary N) is 2. The van der Waals surface area contributed by atoms with Crippen LogP contribution in [0.4, 0.5) is 5.69 Å². The number of hydrogen-bond acceptors (Lipinski definition) is 3. The Morgan fingerprint density at radius 2 is 1.78 bits per heavy atom. The fraction of sp³-hybridized carbons (Fsp3) is 0.176. The lowest BCUT2D eigenvalue weighted by Crippen LogP contribution is -2.28. The fourth-order valence-electron chi connectivity index (χ4n) is 1.97. The van der Waals surface area contributed by atoms with E-state index in [1.165, 1.54) is 7.11 Å². The summed E-state index contributed by atoms with van der Waals surface area (Å²) in [5.41, 5.74) is 1.16. The number of rotatable bonds is 6. The Bertz CT molecular complexity index is 686. The van der Waals surface area contributed by atoms with Crippen molar-refractivity contribution < 1.29 is 14.3 Å². The van der Waals surface area contributed by atoms with E-state index in [1.54, 1.807) is 36.4 Å². The first-order valence-corrected chi connectivity index (χ1v) is 7.86. The van der Waals surface area contributed by atoms with Gasteiger partial charge < -0.3 is 15.4 Å². The van der Waals surface area contributed by atoms with Crippen molar-refractivity contribution in [2.45, 2.75) is 6.42 Å². The van der Waals surface area contributed by atoms with Gasteiger partial charge in [0.05, 0.1) is 12.7 Å². The van der Waals surface area contributed by atoms with Gasteiger partial charge in [-0.05, 0) is 36.4 Å². The fourth-order valence-corrected chi connectivity index (χ4v) is 2.24. The van der Waals surface area contributed by atoms with Crippen LogP contribution in [0.25, 0.3) is 0 Å². The summed E-state index contributed by atoms with van der Waals surface area (Å²) in [4.78, 5) is 23.9. The number of carbonyl (C=O) groups is 2. The maximum atomic E-state index is 12.1. The van der Waals surface area contributed by atoms with Crippen molar-refractivity contribution in [2.75, 3.05) is 19.0 Å². The lowest BCUT2D eigenvalue weighted by atomic mass is 10.2. The van der Waals surface area contributed by atoms with Crippen molar-refractivity contribution in [1.29, 1.82) is 0 Å². The van der Waals surface area contributed by atoms with Crippen LogP contribution in [0.3, 0.4) is 0 Å². The Morgan fingerprint density at radius 1 is 1.09 bits per heavy atom. The first-order chi connectivity index (χ1) is 11.1. The quantitative estimate of drug-likeness (QED) is 0.813. The summed E-state index contributed by atoms with van der Waals surface area (Å²) in [5.74, 6) is 0.0795. The van der Waals surface area contributed by atoms with Crippen molar-refractivity contribution in [3.05, 3.63) is 58.6 Å². The molecular weight excluding hydrogens is 360 g/mol. The molecule has 0 bridgehead atoms. The number of hydrogen-bond donors (Lipinski definition) is 2. The highest BCUT2D eigenvalue weighted by molar-refractivity contribution is 9.10. The van der Waals surface area contributed by atoms with E-state index in [4.69, 9.17) is 4.74 Å². The van der Waals surface area contributed by atoms with Crippen LogP contribution in [0.5, 0.6) is 5.75 Å². The molecule has 0 aromatic heterocycles. The van der Waals surface area contributed by atoms with Crippen LogP contribution in [-0.4, -0.2) is 25.5 Å². The smallest absolute Gasteiger partial charge is 0.255 e. The van der Waals surface area contributed by atoms with Crippen LogP contribution in [0, 0.1) is 0 Å². The van der Waals surface area contributed by atoms with Crippen molar-refractivity contribution in [3.63, 3.8) is 0 Å². The van der Waals surface area contributed by atoms with Crippen LogP contribution in [0.2, 0.25) is 0 Å². The summed E-state index contributed by atoms with van der Waals surface area (Å²) in [5, 5.41) is 5.48. The lowest BCUT2D eigenvalue weighted by Gasteiger charge is -2.09. The highest BCUT2D eigenvalue weighted by Crippen LogP contribution is 2.17. The molecule has 0 saturated carbocycles. The molecule has 2 N–H and O–H groups in total. The second-order valence-corrected chi connectivity index (χ2v) is 5.68. The van der Waals surface area contributed by atoms with Gasteiger partial charge in [0.15, 0.2) is 0 Å². The summed E-state index contributed by atoms with van der Waals surface area (Å²) in [7, 11) is 1.51. The maximum Gasteiger partial charge on any atom is 0.255 e. The summed E-state index contributed by atoms with van der Waals surface area (Å²) < 4.78 is 6.08. The predicted octanol–water partition coefficient (Wildman–Crippen LogP) is 3.22. The molecule has 2 aromatic rings. The minimum atomic E-state index is -0.265. The second-order valence-electron chi connectivity index (χ2n) is 4.76. The van der Waals surface area contributed by atoms with Gasteiger partial charge in [0, 0.05) is 23.1 Å². The zero-order valence-corrected chi connectivity index (χ0v) is 14.2. The van der Waals surface area contributed by atoms with E-state index in [0.29, 0.717) is 17.0 Å². The third-order valence-electron chi connectivity index (χ3n) is 3.12. The molecule has 0 spiro atoms. The van der Waals surface area contributed by atoms with E-state index in [9.17, 15) is 9.59 Å². The molecule has 0 heterocycles. The Balaban J connectivity index is 1.81. The number of halogens is 1. The monoisotopic (exact) mass is 376 g/mol. The molecule has 0 fully saturated rings. The summed E-state index contributed by atoms with van der Waals surface area (Å²) >= 11 is 3.33. The number of carbonyl (C=O) groups excluding carboxylic acids is 2. The van der Waals surface area contributed by atoms with Gasteiger partial charge in [0.2, 0.25) is 5.91 Å². The van der Waals surface area contributed by atoms with Gasteiger partial charge in [-0.1, -0.05) is 28.1 Å². The molecule has 23 heavy (non-hydrogen) atoms. The van der Waals surface area contributed by atoms with Gasteiger partial charge in [-0.25, -0.2) is 0 Å². The van der Waals surface area contributed by atoms with Gasteiger partial charge in [0.1, 0.15) is 5.75 Å². The van der Waals surface area contributed by atoms with Gasteiger partial charge in [0.25, 0.3) is 5.91 Å². The van der Waals surface area contributed by atoms with Crippen molar-refractivity contribution in [3.8, 4) is 5.75 Å². The van der Waals surface area contributed by atoms with Gasteiger partial charge in [-0.2, -0.15) is 0 Å². The normalized spacial score (nSPS) is 10.0. The third kappa shape index (κ3) is 5.10. The number of benzene rings is 2. The van der Waals surface area contributed by atoms with E-state index in [-0.39, 0.29) is 24.8 Å². The molecule has 0 radical (unpaired) electrons. The highest BCUT2D eigenvalue weighted by Gasteiger charge is 2.11. The molecule has 0 unspecified atom stereocenters. The van der Waals surface area contributed by atoms with Gasteiger partial charge in [-0.15, -0.1) is 0 Å². The molecule has 0 aliphatic carbocycles. The SMILES string of the molecule is COc1ccccc1C(=O)NCCC(=O)Nc1ccc(Br)cc1. The first-order valence-electron chi connectivity index (χ1n) is 7.07. The molecule has 2 aromatic carbocycles. The zero-order valence-electron chi connectivity index (χ0n) is 12.6. The van der Waals surface area contributed by atoms with E-state index >= 15 is 0 Å². The zero-order chi connectivity index (χ0) is 16.7. The Kier molecular flexibility index (Phi) is 6.17. The molecule has 5 nitrogen and oxygen atoms in total. The van der Waals surface area contributed by atoms with Crippen molar-refractivity contribution >= 4 is 33.4 Å². The van der Waals surface area contributed by atoms with E-state index in [1.807, 2.05) is 12.1 Å². The van der Waals surface area contributed by atoms with Crippen LogP contribution < -0.4 is 15.4 Å². The van der Waals surface area contributed by atoms with E-state index < -0.39 is 0 Å². The molecular formula is C17H17BrN2O3. The third-order valence-corrected chi connectivity index (χ3v) is 3.65. The Morgan fingerprint density at radius 3 is 2.48 bits per heavy atom. The molecule has 120 valence electrons. The number of anilines is 1. The van der Waals surface area contributed by atoms with Crippen LogP contribution in [0.1, 0.15) is 16.8 Å². The molecule has 2 amide bonds. The van der Waals surface area contributed by atoms with Crippen LogP contribution in [0.15, 0.2) is 53.0 Å². The molecule has 0 atom stereocenters. The van der Waals surface area contributed by atoms with Crippen LogP contribution in [-0.2, 0) is 4.79 Å². The predicted molar refractivity (Wildman–Crippen MR) is 92.7 cm³/mol. The summed E-state index contributed by atoms with van der Waals surface area (Å²) in [6.07, 6.45) is 0.191. The number of amides is 2. The summed E-state index contributed by atoms with van der Waals surface area (Å²) in [6, 6.07) is 14.2. The first kappa shape index (κ1) is 17.0. The average molecular weight is 377 g/mol. The molecule has 0 aliphatic rings. The molecule has 2 rings (SSSR count). The highest BCUT2D eigenvalue weighted by atomic mass is 79.9. The topological polar surface area (TPSA) is 67.4 Å². The van der Waals surface area contributed by atoms with Crippen LogP contribution >= 0.6 is 15.9 Å². The Hall–Kier alpha value is -2.34. The standard InChI is InChI=1S/C17H17BrN2O3/c1-23-15-5-3-2-4-14(15)17(22)19-11-10-16(21)20-13-8-6-12(18)7-9-13/h2-9H,10-11H2,1H3,(H,19,22)(H,20,21). The van der Waals surface area contributed by atoms with E-state index in [0.717, 1.165) is 4.47 Å². The van der Waals surface area contributed by atoms with Gasteiger partial charge >= 0.3 is 0 Å². The molecule has 0 saturated heterocycles. The van der Waals surface area contributed by atoms with Crippen molar-refractivity contribution in [1.82, 2.24) is 5.32 Å². The summed E-state index contributed by atoms with van der Waals surface area (Å²) in [6.45, 7) is 0.249. The lowest BCUT2D eigenvalue weighted by molar-refractivity contribution is -0.116. The largest absolute Gasteiger partial charge is 0.496 e. The molecule has 6 heteroatoms. The van der Waals surface area contributed by atoms with Crippen molar-refractivity contribution in [2.24, 2.45) is 0 Å². The number of para-hydroxylation sites is 1. The molecule has 0 aliphatic heterocycles. The average Bonchev–Trinajstić information content (AvgIpc) is 2.56. The Labute approximate surface area is 143 Å². The minimum absolute atomic E-state index is 0.160. The van der Waals surface area contributed by atoms with E-state index in [2.05, 4.69) is 26.6 Å². The second kappa shape index (κ2) is 8.33. The maximum absolute atomic E-state index is 12.1. The van der Waals surface area contributed by atoms with Gasteiger partial charge in [-0.3, -0.25) is 9.59 Å².